The second-order valence-electron chi connectivity index (χ2n) is 4.36. The summed E-state index contributed by atoms with van der Waals surface area (Å²) in [6, 6.07) is 3.28. The summed E-state index contributed by atoms with van der Waals surface area (Å²) >= 11 is 12.0. The molecular formula is C11H11Cl2NO2. The molecule has 1 heterocycles. The first-order chi connectivity index (χ1) is 7.42. The Morgan fingerprint density at radius 2 is 1.94 bits per heavy atom. The van der Waals surface area contributed by atoms with Gasteiger partial charge in [-0.2, -0.15) is 0 Å². The number of hydrogen-bond donors (Lipinski definition) is 1. The van der Waals surface area contributed by atoms with E-state index in [1.807, 2.05) is 0 Å². The molecule has 0 bridgehead atoms. The van der Waals surface area contributed by atoms with Gasteiger partial charge in [0, 0.05) is 0 Å². The van der Waals surface area contributed by atoms with Gasteiger partial charge in [0.1, 0.15) is 12.3 Å². The van der Waals surface area contributed by atoms with Crippen LogP contribution in [0.4, 0.5) is 5.69 Å². The molecule has 3 nitrogen and oxygen atoms in total. The van der Waals surface area contributed by atoms with E-state index < -0.39 is 5.41 Å². The molecule has 1 amide bonds. The molecule has 0 saturated heterocycles. The maximum atomic E-state index is 11.9. The van der Waals surface area contributed by atoms with Crippen molar-refractivity contribution < 1.29 is 9.53 Å². The van der Waals surface area contributed by atoms with Crippen LogP contribution in [0, 0.1) is 5.41 Å². The van der Waals surface area contributed by atoms with E-state index in [2.05, 4.69) is 5.32 Å². The number of carbonyl (C=O) groups is 1. The first-order valence-corrected chi connectivity index (χ1v) is 5.60. The van der Waals surface area contributed by atoms with Gasteiger partial charge < -0.3 is 10.1 Å². The highest BCUT2D eigenvalue weighted by Crippen LogP contribution is 2.41. The SMILES string of the molecule is CC1(C)COc2c(Cl)ccc(Cl)c2NC1=O. The molecule has 1 aliphatic heterocycles. The summed E-state index contributed by atoms with van der Waals surface area (Å²) in [6.45, 7) is 3.87. The van der Waals surface area contributed by atoms with Gasteiger partial charge in [-0.15, -0.1) is 0 Å². The molecule has 0 saturated carbocycles. The molecule has 0 aromatic heterocycles. The molecule has 2 rings (SSSR count). The van der Waals surface area contributed by atoms with E-state index in [9.17, 15) is 4.79 Å². The summed E-state index contributed by atoms with van der Waals surface area (Å²) in [4.78, 5) is 11.9. The smallest absolute Gasteiger partial charge is 0.233 e. The number of carbonyl (C=O) groups excluding carboxylic acids is 1. The Labute approximate surface area is 104 Å². The summed E-state index contributed by atoms with van der Waals surface area (Å²) in [5.41, 5.74) is -0.157. The number of amides is 1. The van der Waals surface area contributed by atoms with Crippen LogP contribution in [0.2, 0.25) is 10.0 Å². The van der Waals surface area contributed by atoms with Crippen LogP contribution in [0.5, 0.6) is 5.75 Å². The molecule has 86 valence electrons. The van der Waals surface area contributed by atoms with E-state index >= 15 is 0 Å². The Morgan fingerprint density at radius 1 is 1.31 bits per heavy atom. The topological polar surface area (TPSA) is 38.3 Å². The van der Waals surface area contributed by atoms with Gasteiger partial charge in [-0.05, 0) is 26.0 Å². The number of benzene rings is 1. The molecule has 0 radical (unpaired) electrons. The molecule has 5 heteroatoms. The van der Waals surface area contributed by atoms with E-state index in [4.69, 9.17) is 27.9 Å². The zero-order chi connectivity index (χ0) is 11.9. The van der Waals surface area contributed by atoms with E-state index in [0.717, 1.165) is 0 Å². The highest BCUT2D eigenvalue weighted by molar-refractivity contribution is 6.37. The lowest BCUT2D eigenvalue weighted by Crippen LogP contribution is -2.33. The van der Waals surface area contributed by atoms with Crippen LogP contribution in [0.15, 0.2) is 12.1 Å². The number of nitrogens with one attached hydrogen (secondary N) is 1. The lowest BCUT2D eigenvalue weighted by Gasteiger charge is -2.18. The van der Waals surface area contributed by atoms with E-state index in [0.29, 0.717) is 21.5 Å². The van der Waals surface area contributed by atoms with Gasteiger partial charge in [0.2, 0.25) is 5.91 Å². The average Bonchev–Trinajstić information content (AvgIpc) is 2.33. The molecule has 16 heavy (non-hydrogen) atoms. The maximum Gasteiger partial charge on any atom is 0.233 e. The van der Waals surface area contributed by atoms with E-state index in [1.54, 1.807) is 26.0 Å². The van der Waals surface area contributed by atoms with Crippen molar-refractivity contribution >= 4 is 34.8 Å². The molecule has 1 aromatic carbocycles. The lowest BCUT2D eigenvalue weighted by atomic mass is 9.94. The average molecular weight is 260 g/mol. The highest BCUT2D eigenvalue weighted by atomic mass is 35.5. The summed E-state index contributed by atoms with van der Waals surface area (Å²) in [7, 11) is 0. The van der Waals surface area contributed by atoms with Crippen LogP contribution < -0.4 is 10.1 Å². The van der Waals surface area contributed by atoms with Gasteiger partial charge in [0.25, 0.3) is 0 Å². The fraction of sp³-hybridized carbons (Fsp3) is 0.364. The fourth-order valence-corrected chi connectivity index (χ4v) is 1.80. The van der Waals surface area contributed by atoms with Gasteiger partial charge in [-0.3, -0.25) is 4.79 Å². The van der Waals surface area contributed by atoms with Gasteiger partial charge in [0.05, 0.1) is 15.5 Å². The third-order valence-corrected chi connectivity index (χ3v) is 3.10. The highest BCUT2D eigenvalue weighted by Gasteiger charge is 2.33. The Morgan fingerprint density at radius 3 is 2.62 bits per heavy atom. The molecule has 0 fully saturated rings. The maximum absolute atomic E-state index is 11.9. The van der Waals surface area contributed by atoms with Crippen LogP contribution in [-0.4, -0.2) is 12.5 Å². The Hall–Kier alpha value is -0.930. The van der Waals surface area contributed by atoms with Crippen LogP contribution >= 0.6 is 23.2 Å². The fourth-order valence-electron chi connectivity index (χ4n) is 1.39. The van der Waals surface area contributed by atoms with Gasteiger partial charge >= 0.3 is 0 Å². The Bertz CT molecular complexity index is 458. The molecule has 0 unspecified atom stereocenters. The van der Waals surface area contributed by atoms with Gasteiger partial charge in [0.15, 0.2) is 5.75 Å². The molecule has 0 aliphatic carbocycles. The molecular weight excluding hydrogens is 249 g/mol. The number of halogens is 2. The Balaban J connectivity index is 2.52. The van der Waals surface area contributed by atoms with Crippen molar-refractivity contribution in [3.05, 3.63) is 22.2 Å². The molecule has 1 N–H and O–H groups in total. The van der Waals surface area contributed by atoms with Crippen LogP contribution in [0.1, 0.15) is 13.8 Å². The second-order valence-corrected chi connectivity index (χ2v) is 5.17. The van der Waals surface area contributed by atoms with E-state index in [-0.39, 0.29) is 12.5 Å². The predicted molar refractivity (Wildman–Crippen MR) is 64.4 cm³/mol. The van der Waals surface area contributed by atoms with Crippen molar-refractivity contribution in [2.24, 2.45) is 5.41 Å². The first-order valence-electron chi connectivity index (χ1n) is 4.84. The van der Waals surface area contributed by atoms with Crippen molar-refractivity contribution in [3.8, 4) is 5.75 Å². The zero-order valence-corrected chi connectivity index (χ0v) is 10.4. The molecule has 1 aliphatic rings. The monoisotopic (exact) mass is 259 g/mol. The molecule has 0 spiro atoms. The largest absolute Gasteiger partial charge is 0.489 e. The van der Waals surface area contributed by atoms with Crippen LogP contribution in [-0.2, 0) is 4.79 Å². The van der Waals surface area contributed by atoms with Crippen molar-refractivity contribution in [2.45, 2.75) is 13.8 Å². The van der Waals surface area contributed by atoms with Crippen LogP contribution in [0.3, 0.4) is 0 Å². The van der Waals surface area contributed by atoms with Crippen molar-refractivity contribution in [2.75, 3.05) is 11.9 Å². The molecule has 1 aromatic rings. The third kappa shape index (κ3) is 1.85. The summed E-state index contributed by atoms with van der Waals surface area (Å²) in [6.07, 6.45) is 0. The minimum absolute atomic E-state index is 0.129. The quantitative estimate of drug-likeness (QED) is 0.776. The molecule has 0 atom stereocenters. The standard InChI is InChI=1S/C11H11Cl2NO2/c1-11(2)5-16-9-7(13)4-3-6(12)8(9)14-10(11)15/h3-4H,5H2,1-2H3,(H,14,15). The van der Waals surface area contributed by atoms with Crippen molar-refractivity contribution in [1.29, 1.82) is 0 Å². The van der Waals surface area contributed by atoms with Crippen molar-refractivity contribution in [1.82, 2.24) is 0 Å². The first kappa shape index (κ1) is 11.6. The predicted octanol–water partition coefficient (Wildman–Crippen LogP) is 3.35. The van der Waals surface area contributed by atoms with Gasteiger partial charge in [-0.1, -0.05) is 23.2 Å². The number of anilines is 1. The second kappa shape index (κ2) is 3.82. The number of hydrogen-bond acceptors (Lipinski definition) is 2. The Kier molecular flexibility index (Phi) is 2.76. The minimum Gasteiger partial charge on any atom is -0.489 e. The lowest BCUT2D eigenvalue weighted by molar-refractivity contribution is -0.124. The third-order valence-electron chi connectivity index (χ3n) is 2.49. The summed E-state index contributed by atoms with van der Waals surface area (Å²) in [5.74, 6) is 0.309. The van der Waals surface area contributed by atoms with Crippen LogP contribution in [0.25, 0.3) is 0 Å². The van der Waals surface area contributed by atoms with E-state index in [1.165, 1.54) is 0 Å². The van der Waals surface area contributed by atoms with Crippen molar-refractivity contribution in [3.63, 3.8) is 0 Å². The van der Waals surface area contributed by atoms with Gasteiger partial charge in [-0.25, -0.2) is 0 Å². The minimum atomic E-state index is -0.605. The number of fused-ring (bicyclic) bond motifs is 1. The zero-order valence-electron chi connectivity index (χ0n) is 8.93. The number of rotatable bonds is 0. The normalized spacial score (nSPS) is 18.1. The summed E-state index contributed by atoms with van der Waals surface area (Å²) < 4.78 is 5.55. The summed E-state index contributed by atoms with van der Waals surface area (Å²) in [5, 5.41) is 3.61. The number of ether oxygens (including phenoxy) is 1.